The minimum atomic E-state index is -1.10. The molecule has 0 unspecified atom stereocenters. The molecule has 100 valence electrons. The smallest absolute Gasteiger partial charge is 0.0729 e. The summed E-state index contributed by atoms with van der Waals surface area (Å²) in [5.41, 5.74) is 1.43. The van der Waals surface area contributed by atoms with Crippen LogP contribution in [-0.2, 0) is 0 Å². The maximum atomic E-state index is 4.20. The van der Waals surface area contributed by atoms with Crippen LogP contribution in [0.15, 0.2) is 12.2 Å². The Hall–Kier alpha value is -0.0831. The highest BCUT2D eigenvalue weighted by Crippen LogP contribution is 2.29. The molecule has 1 fully saturated rings. The van der Waals surface area contributed by atoms with E-state index >= 15 is 0 Å². The van der Waals surface area contributed by atoms with Crippen LogP contribution in [0.3, 0.4) is 0 Å². The van der Waals surface area contributed by atoms with Gasteiger partial charge in [0.25, 0.3) is 0 Å². The van der Waals surface area contributed by atoms with E-state index in [0.717, 1.165) is 0 Å². The molecule has 1 aliphatic rings. The Morgan fingerprint density at radius 3 is 2.06 bits per heavy atom. The van der Waals surface area contributed by atoms with Crippen LogP contribution >= 0.6 is 0 Å². The predicted molar refractivity (Wildman–Crippen MR) is 81.2 cm³/mol. The maximum Gasteiger partial charge on any atom is 0.0729 e. The molecule has 17 heavy (non-hydrogen) atoms. The molecular weight excluding hydrogens is 222 g/mol. The van der Waals surface area contributed by atoms with Gasteiger partial charge < -0.3 is 4.90 Å². The van der Waals surface area contributed by atoms with Gasteiger partial charge in [0.15, 0.2) is 0 Å². The molecule has 0 saturated carbocycles. The van der Waals surface area contributed by atoms with Crippen LogP contribution < -0.4 is 0 Å². The van der Waals surface area contributed by atoms with Crippen LogP contribution in [0.5, 0.6) is 0 Å². The van der Waals surface area contributed by atoms with Crippen molar-refractivity contribution in [2.24, 2.45) is 0 Å². The molecule has 0 bridgehead atoms. The Kier molecular flexibility index (Phi) is 6.50. The Balaban J connectivity index is 2.67. The Morgan fingerprint density at radius 2 is 1.65 bits per heavy atom. The molecule has 0 aromatic heterocycles. The van der Waals surface area contributed by atoms with Crippen molar-refractivity contribution < 1.29 is 0 Å². The van der Waals surface area contributed by atoms with Gasteiger partial charge in [-0.25, -0.2) is 0 Å². The number of allylic oxidation sites excluding steroid dienone is 1. The third-order valence-electron chi connectivity index (χ3n) is 4.00. The largest absolute Gasteiger partial charge is 0.306 e. The van der Waals surface area contributed by atoms with Gasteiger partial charge in [0.1, 0.15) is 0 Å². The highest BCUT2D eigenvalue weighted by molar-refractivity contribution is 6.80. The molecule has 2 heteroatoms. The van der Waals surface area contributed by atoms with E-state index in [4.69, 9.17) is 0 Å². The summed E-state index contributed by atoms with van der Waals surface area (Å²) in [5, 5.41) is 0. The Bertz CT molecular complexity index is 225. The summed E-state index contributed by atoms with van der Waals surface area (Å²) < 4.78 is 0. The summed E-state index contributed by atoms with van der Waals surface area (Å²) in [6.45, 7) is 13.9. The zero-order valence-electron chi connectivity index (χ0n) is 12.2. The van der Waals surface area contributed by atoms with Crippen molar-refractivity contribution in [3.05, 3.63) is 12.2 Å². The molecule has 0 atom stereocenters. The minimum Gasteiger partial charge on any atom is -0.306 e. The number of nitrogens with zero attached hydrogens (tertiary/aromatic N) is 1. The lowest BCUT2D eigenvalue weighted by molar-refractivity contribution is 0.386. The summed E-state index contributed by atoms with van der Waals surface area (Å²) in [4.78, 5) is 2.75. The molecule has 0 aromatic rings. The molecule has 1 aliphatic heterocycles. The monoisotopic (exact) mass is 253 g/mol. The number of rotatable bonds is 8. The number of hydrogen-bond acceptors (Lipinski definition) is 1. The quantitative estimate of drug-likeness (QED) is 0.456. The van der Waals surface area contributed by atoms with Crippen molar-refractivity contribution in [2.75, 3.05) is 19.3 Å². The lowest BCUT2D eigenvalue weighted by atomic mass is 10.4. The van der Waals surface area contributed by atoms with Gasteiger partial charge >= 0.3 is 0 Å². The van der Waals surface area contributed by atoms with Gasteiger partial charge in [-0.2, -0.15) is 0 Å². The minimum absolute atomic E-state index is 1.10. The van der Waals surface area contributed by atoms with Crippen molar-refractivity contribution in [1.82, 2.24) is 4.90 Å². The van der Waals surface area contributed by atoms with Crippen molar-refractivity contribution in [1.29, 1.82) is 0 Å². The zero-order valence-corrected chi connectivity index (χ0v) is 13.2. The number of likely N-dealkylation sites (tertiary alicyclic amines) is 1. The molecule has 0 amide bonds. The van der Waals surface area contributed by atoms with E-state index in [9.17, 15) is 0 Å². The molecule has 1 nitrogen and oxygen atoms in total. The molecular formula is C15H31NSi. The van der Waals surface area contributed by atoms with Gasteiger partial charge in [0, 0.05) is 0 Å². The first kappa shape index (κ1) is 15.0. The summed E-state index contributed by atoms with van der Waals surface area (Å²) in [7, 11) is -1.10. The van der Waals surface area contributed by atoms with Crippen LogP contribution in [0.4, 0.5) is 0 Å². The SMILES string of the molecule is C=C(C)C[Si](CCC)(CCC)CN1CCCC1. The summed E-state index contributed by atoms with van der Waals surface area (Å²) in [6, 6.07) is 4.37. The van der Waals surface area contributed by atoms with Gasteiger partial charge in [-0.3, -0.25) is 0 Å². The molecule has 0 radical (unpaired) electrons. The highest BCUT2D eigenvalue weighted by atomic mass is 28.3. The van der Waals surface area contributed by atoms with E-state index < -0.39 is 8.07 Å². The fraction of sp³-hybridized carbons (Fsp3) is 0.867. The Morgan fingerprint density at radius 1 is 1.12 bits per heavy atom. The van der Waals surface area contributed by atoms with E-state index in [1.165, 1.54) is 68.6 Å². The van der Waals surface area contributed by atoms with Crippen LogP contribution in [-0.4, -0.2) is 32.2 Å². The summed E-state index contributed by atoms with van der Waals surface area (Å²) in [5.74, 6) is 0. The zero-order chi connectivity index (χ0) is 12.7. The maximum absolute atomic E-state index is 4.20. The predicted octanol–water partition coefficient (Wildman–Crippen LogP) is 4.47. The van der Waals surface area contributed by atoms with Gasteiger partial charge in [0.2, 0.25) is 0 Å². The van der Waals surface area contributed by atoms with E-state index in [1.807, 2.05) is 0 Å². The molecule has 1 heterocycles. The first-order chi connectivity index (χ1) is 8.12. The average molecular weight is 254 g/mol. The van der Waals surface area contributed by atoms with E-state index in [2.05, 4.69) is 32.3 Å². The van der Waals surface area contributed by atoms with Gasteiger partial charge in [-0.05, 0) is 45.1 Å². The van der Waals surface area contributed by atoms with E-state index in [0.29, 0.717) is 0 Å². The standard InChI is InChI=1S/C15H31NSi/c1-5-11-17(12-6-2,13-15(3)4)14-16-9-7-8-10-16/h3,5-14H2,1-2,4H3. The Labute approximate surface area is 109 Å². The van der Waals surface area contributed by atoms with Gasteiger partial charge in [-0.1, -0.05) is 44.4 Å². The average Bonchev–Trinajstić information content (AvgIpc) is 2.69. The lowest BCUT2D eigenvalue weighted by Crippen LogP contribution is -2.46. The third kappa shape index (κ3) is 4.97. The van der Waals surface area contributed by atoms with Crippen molar-refractivity contribution in [3.8, 4) is 0 Å². The second-order valence-electron chi connectivity index (χ2n) is 6.12. The molecule has 0 N–H and O–H groups in total. The van der Waals surface area contributed by atoms with Crippen molar-refractivity contribution in [3.63, 3.8) is 0 Å². The van der Waals surface area contributed by atoms with Gasteiger partial charge in [0.05, 0.1) is 8.07 Å². The van der Waals surface area contributed by atoms with Crippen LogP contribution in [0.25, 0.3) is 0 Å². The topological polar surface area (TPSA) is 3.24 Å². The number of hydrogen-bond donors (Lipinski definition) is 0. The molecule has 1 rings (SSSR count). The van der Waals surface area contributed by atoms with E-state index in [-0.39, 0.29) is 0 Å². The molecule has 1 saturated heterocycles. The van der Waals surface area contributed by atoms with Gasteiger partial charge in [-0.15, -0.1) is 6.58 Å². The highest BCUT2D eigenvalue weighted by Gasteiger charge is 2.33. The second kappa shape index (κ2) is 7.37. The first-order valence-electron chi connectivity index (χ1n) is 7.48. The van der Waals surface area contributed by atoms with E-state index in [1.54, 1.807) is 0 Å². The lowest BCUT2D eigenvalue weighted by Gasteiger charge is -2.35. The van der Waals surface area contributed by atoms with Crippen molar-refractivity contribution in [2.45, 2.75) is 64.6 Å². The molecule has 0 aromatic carbocycles. The van der Waals surface area contributed by atoms with Crippen LogP contribution in [0.2, 0.25) is 18.1 Å². The van der Waals surface area contributed by atoms with Crippen molar-refractivity contribution >= 4 is 8.07 Å². The first-order valence-corrected chi connectivity index (χ1v) is 10.3. The summed E-state index contributed by atoms with van der Waals surface area (Å²) in [6.07, 6.45) is 7.04. The second-order valence-corrected chi connectivity index (χ2v) is 10.8. The normalized spacial score (nSPS) is 17.6. The van der Waals surface area contributed by atoms with Crippen LogP contribution in [0.1, 0.15) is 46.5 Å². The third-order valence-corrected chi connectivity index (χ3v) is 9.59. The molecule has 0 spiro atoms. The molecule has 0 aliphatic carbocycles. The fourth-order valence-electron chi connectivity index (χ4n) is 3.63. The fourth-order valence-corrected chi connectivity index (χ4v) is 9.33. The van der Waals surface area contributed by atoms with Crippen LogP contribution in [0, 0.1) is 0 Å². The summed E-state index contributed by atoms with van der Waals surface area (Å²) >= 11 is 0.